The molecule has 8 nitrogen and oxygen atoms in total. The Morgan fingerprint density at radius 3 is 2.87 bits per heavy atom. The summed E-state index contributed by atoms with van der Waals surface area (Å²) in [7, 11) is 1.56. The van der Waals surface area contributed by atoms with E-state index in [2.05, 4.69) is 19.9 Å². The Labute approximate surface area is 175 Å². The van der Waals surface area contributed by atoms with Crippen molar-refractivity contribution in [2.45, 2.75) is 24.6 Å². The molecular formula is C20H21F3N6O2. The van der Waals surface area contributed by atoms with Gasteiger partial charge in [-0.05, 0) is 31.0 Å². The summed E-state index contributed by atoms with van der Waals surface area (Å²) >= 11 is 0. The third-order valence-corrected chi connectivity index (χ3v) is 5.30. The molecule has 1 atom stereocenters. The molecule has 1 amide bonds. The Bertz CT molecular complexity index is 1090. The number of nitrogens with zero attached hydrogens (tertiary/aromatic N) is 5. The zero-order valence-electron chi connectivity index (χ0n) is 16.7. The van der Waals surface area contributed by atoms with Gasteiger partial charge in [0.25, 0.3) is 5.91 Å². The predicted molar refractivity (Wildman–Crippen MR) is 106 cm³/mol. The average Bonchev–Trinajstić information content (AvgIpc) is 3.17. The molecule has 0 spiro atoms. The lowest BCUT2D eigenvalue weighted by Gasteiger charge is -2.41. The van der Waals surface area contributed by atoms with Crippen molar-refractivity contribution < 1.29 is 23.1 Å². The van der Waals surface area contributed by atoms with E-state index in [1.54, 1.807) is 25.6 Å². The second-order valence-corrected chi connectivity index (χ2v) is 7.79. The first kappa shape index (κ1) is 21.0. The molecule has 1 aliphatic heterocycles. The van der Waals surface area contributed by atoms with E-state index in [4.69, 9.17) is 0 Å². The van der Waals surface area contributed by atoms with Crippen LogP contribution in [0.2, 0.25) is 0 Å². The number of aromatic nitrogens is 4. The normalized spacial score (nSPS) is 19.6. The molecule has 0 saturated carbocycles. The van der Waals surface area contributed by atoms with Gasteiger partial charge in [0.05, 0.1) is 29.4 Å². The van der Waals surface area contributed by atoms with Crippen LogP contribution < -0.4 is 4.90 Å². The number of hydrogen-bond donors (Lipinski definition) is 2. The maximum Gasteiger partial charge on any atom is 0.449 e. The van der Waals surface area contributed by atoms with Gasteiger partial charge < -0.3 is 19.9 Å². The van der Waals surface area contributed by atoms with Crippen molar-refractivity contribution in [3.63, 3.8) is 0 Å². The second kappa shape index (κ2) is 7.80. The smallest absolute Gasteiger partial charge is 0.386 e. The van der Waals surface area contributed by atoms with Crippen molar-refractivity contribution in [1.29, 1.82) is 0 Å². The fourth-order valence-corrected chi connectivity index (χ4v) is 3.90. The van der Waals surface area contributed by atoms with Crippen LogP contribution in [0, 0.1) is 0 Å². The minimum Gasteiger partial charge on any atom is -0.386 e. The maximum atomic E-state index is 12.9. The van der Waals surface area contributed by atoms with Gasteiger partial charge in [0, 0.05) is 38.1 Å². The lowest BCUT2D eigenvalue weighted by atomic mass is 9.92. The number of carbonyl (C=O) groups excluding carboxylic acids is 1. The maximum absolute atomic E-state index is 12.9. The number of piperidine rings is 1. The molecule has 1 fully saturated rings. The number of nitrogens with one attached hydrogen (secondary N) is 1. The lowest BCUT2D eigenvalue weighted by molar-refractivity contribution is -0.144. The molecule has 2 aromatic heterocycles. The summed E-state index contributed by atoms with van der Waals surface area (Å²) in [6.45, 7) is 1.08. The van der Waals surface area contributed by atoms with E-state index < -0.39 is 23.5 Å². The van der Waals surface area contributed by atoms with Gasteiger partial charge in [0.1, 0.15) is 5.82 Å². The number of aliphatic hydroxyl groups is 1. The largest absolute Gasteiger partial charge is 0.449 e. The van der Waals surface area contributed by atoms with Crippen molar-refractivity contribution in [1.82, 2.24) is 24.8 Å². The summed E-state index contributed by atoms with van der Waals surface area (Å²) in [6, 6.07) is 4.14. The number of carbonyl (C=O) groups is 1. The molecule has 4 rings (SSSR count). The van der Waals surface area contributed by atoms with E-state index in [9.17, 15) is 23.1 Å². The van der Waals surface area contributed by atoms with E-state index in [1.807, 2.05) is 4.90 Å². The van der Waals surface area contributed by atoms with Gasteiger partial charge in [0.15, 0.2) is 0 Å². The summed E-state index contributed by atoms with van der Waals surface area (Å²) in [5.41, 5.74) is -0.701. The highest BCUT2D eigenvalue weighted by molar-refractivity contribution is 5.97. The molecule has 0 bridgehead atoms. The van der Waals surface area contributed by atoms with Gasteiger partial charge in [-0.25, -0.2) is 9.97 Å². The van der Waals surface area contributed by atoms with Crippen molar-refractivity contribution in [2.24, 2.45) is 0 Å². The third kappa shape index (κ3) is 4.46. The van der Waals surface area contributed by atoms with Crippen LogP contribution in [0.4, 0.5) is 19.0 Å². The predicted octanol–water partition coefficient (Wildman–Crippen LogP) is 2.48. The van der Waals surface area contributed by atoms with Crippen LogP contribution in [0.15, 0.2) is 36.8 Å². The number of halogens is 3. The lowest BCUT2D eigenvalue weighted by Crippen LogP contribution is -2.54. The zero-order chi connectivity index (χ0) is 22.2. The van der Waals surface area contributed by atoms with Crippen LogP contribution >= 0.6 is 0 Å². The Balaban J connectivity index is 1.48. The van der Waals surface area contributed by atoms with Gasteiger partial charge >= 0.3 is 6.18 Å². The molecule has 164 valence electrons. The molecule has 1 aliphatic rings. The minimum absolute atomic E-state index is 0.0669. The topological polar surface area (TPSA) is 98.2 Å². The Hall–Kier alpha value is -3.21. The van der Waals surface area contributed by atoms with Crippen LogP contribution in [0.3, 0.4) is 0 Å². The summed E-state index contributed by atoms with van der Waals surface area (Å²) in [6.07, 6.45) is 1.40. The number of β-amino-alcohol motifs (C(OH)–C–C–N with tert-alkyl or cyclic N) is 1. The Morgan fingerprint density at radius 2 is 2.16 bits per heavy atom. The van der Waals surface area contributed by atoms with Gasteiger partial charge in [-0.2, -0.15) is 13.2 Å². The van der Waals surface area contributed by atoms with E-state index in [1.165, 1.54) is 23.1 Å². The van der Waals surface area contributed by atoms with Crippen LogP contribution in [-0.2, 0) is 6.18 Å². The van der Waals surface area contributed by atoms with Crippen molar-refractivity contribution in [3.05, 3.63) is 48.2 Å². The van der Waals surface area contributed by atoms with Crippen molar-refractivity contribution >= 4 is 22.8 Å². The second-order valence-electron chi connectivity index (χ2n) is 7.79. The average molecular weight is 434 g/mol. The fourth-order valence-electron chi connectivity index (χ4n) is 3.90. The zero-order valence-corrected chi connectivity index (χ0v) is 16.7. The third-order valence-electron chi connectivity index (χ3n) is 5.30. The molecule has 3 aromatic rings. The number of amides is 1. The number of aromatic amines is 1. The van der Waals surface area contributed by atoms with E-state index >= 15 is 0 Å². The molecule has 0 radical (unpaired) electrons. The summed E-state index contributed by atoms with van der Waals surface area (Å²) in [4.78, 5) is 30.2. The first-order valence-corrected chi connectivity index (χ1v) is 9.70. The molecule has 0 aliphatic carbocycles. The number of benzene rings is 1. The number of alkyl halides is 3. The number of likely N-dealkylation sites (N-methyl/N-ethyl adjacent to an activating group) is 1. The SMILES string of the molecule is CN(CC1(O)CCCN(c2cnccn2)C1)C(=O)c1ccc2nc(C(F)(F)F)[nH]c2c1. The highest BCUT2D eigenvalue weighted by Gasteiger charge is 2.37. The summed E-state index contributed by atoms with van der Waals surface area (Å²) in [5, 5.41) is 11.1. The minimum atomic E-state index is -4.60. The number of hydrogen-bond acceptors (Lipinski definition) is 6. The Morgan fingerprint density at radius 1 is 1.35 bits per heavy atom. The van der Waals surface area contributed by atoms with E-state index in [0.717, 1.165) is 13.0 Å². The Kier molecular flexibility index (Phi) is 5.29. The van der Waals surface area contributed by atoms with Crippen LogP contribution in [0.25, 0.3) is 11.0 Å². The van der Waals surface area contributed by atoms with Crippen LogP contribution in [0.1, 0.15) is 29.0 Å². The van der Waals surface area contributed by atoms with Crippen molar-refractivity contribution in [2.75, 3.05) is 31.6 Å². The molecule has 3 heterocycles. The molecule has 11 heteroatoms. The number of H-pyrrole nitrogens is 1. The fraction of sp³-hybridized carbons (Fsp3) is 0.400. The van der Waals surface area contributed by atoms with Gasteiger partial charge in [0.2, 0.25) is 5.82 Å². The molecule has 31 heavy (non-hydrogen) atoms. The molecule has 1 aromatic carbocycles. The number of imidazole rings is 1. The number of anilines is 1. The van der Waals surface area contributed by atoms with E-state index in [0.29, 0.717) is 12.2 Å². The summed E-state index contributed by atoms with van der Waals surface area (Å²) in [5.74, 6) is -0.865. The van der Waals surface area contributed by atoms with Crippen LogP contribution in [0.5, 0.6) is 0 Å². The molecule has 1 unspecified atom stereocenters. The highest BCUT2D eigenvalue weighted by Crippen LogP contribution is 2.29. The monoisotopic (exact) mass is 434 g/mol. The van der Waals surface area contributed by atoms with Gasteiger partial charge in [-0.15, -0.1) is 0 Å². The molecule has 1 saturated heterocycles. The van der Waals surface area contributed by atoms with Crippen LogP contribution in [-0.4, -0.2) is 68.1 Å². The standard InChI is InChI=1S/C20H21F3N6O2/c1-28(11-19(31)5-2-8-29(12-19)16-10-24-6-7-25-16)17(30)13-3-4-14-15(9-13)27-18(26-14)20(21,22)23/h3-4,6-7,9-10,31H,2,5,8,11-12H2,1H3,(H,26,27). The quantitative estimate of drug-likeness (QED) is 0.655. The molecular weight excluding hydrogens is 413 g/mol. The summed E-state index contributed by atoms with van der Waals surface area (Å²) < 4.78 is 38.6. The first-order chi connectivity index (χ1) is 14.6. The van der Waals surface area contributed by atoms with Crippen molar-refractivity contribution in [3.8, 4) is 0 Å². The first-order valence-electron chi connectivity index (χ1n) is 9.70. The van der Waals surface area contributed by atoms with Gasteiger partial charge in [-0.3, -0.25) is 9.78 Å². The molecule has 2 N–H and O–H groups in total. The number of rotatable bonds is 4. The highest BCUT2D eigenvalue weighted by atomic mass is 19.4. The van der Waals surface area contributed by atoms with E-state index in [-0.39, 0.29) is 29.7 Å². The van der Waals surface area contributed by atoms with Gasteiger partial charge in [-0.1, -0.05) is 0 Å². The number of fused-ring (bicyclic) bond motifs is 1.